The van der Waals surface area contributed by atoms with Gasteiger partial charge in [-0.3, -0.25) is 4.90 Å². The Labute approximate surface area is 207 Å². The maximum absolute atomic E-state index is 6.46. The van der Waals surface area contributed by atoms with Gasteiger partial charge in [-0.25, -0.2) is 4.98 Å². The van der Waals surface area contributed by atoms with E-state index in [2.05, 4.69) is 40.2 Å². The summed E-state index contributed by atoms with van der Waals surface area (Å²) >= 11 is 0. The van der Waals surface area contributed by atoms with E-state index in [4.69, 9.17) is 19.9 Å². The molecular weight excluding hydrogens is 438 g/mol. The summed E-state index contributed by atoms with van der Waals surface area (Å²) in [6, 6.07) is 14.5. The van der Waals surface area contributed by atoms with Gasteiger partial charge >= 0.3 is 0 Å². The number of rotatable bonds is 7. The van der Waals surface area contributed by atoms with Crippen LogP contribution in [-0.2, 0) is 13.0 Å². The smallest absolute Gasteiger partial charge is 0.161 e. The highest BCUT2D eigenvalue weighted by Crippen LogP contribution is 2.58. The number of ether oxygens (including phenoxy) is 3. The standard InChI is InChI=1S/C29H33N3O3/c1-33-25-15-18-10-11-32(17-21(18)16-26(25)34-2)12-13-35-24-9-8-22(23-4-3-5-27(30)31-23)28-19-6-7-20(14-19)29(24)28/h3-5,8-9,15-16,19-20H,6-7,10-14,17H2,1-2H3,(H2,30,31). The first-order chi connectivity index (χ1) is 17.1. The van der Waals surface area contributed by atoms with E-state index >= 15 is 0 Å². The quantitative estimate of drug-likeness (QED) is 0.514. The van der Waals surface area contributed by atoms with Gasteiger partial charge in [-0.1, -0.05) is 6.07 Å². The Morgan fingerprint density at radius 3 is 2.49 bits per heavy atom. The Hall–Kier alpha value is -3.25. The SMILES string of the molecule is COc1cc2c(cc1OC)CN(CCOc1ccc(-c3cccc(N)n3)c3c1C1CCC3C1)CC2. The van der Waals surface area contributed by atoms with Gasteiger partial charge in [0.15, 0.2) is 11.5 Å². The number of aromatic nitrogens is 1. The molecule has 182 valence electrons. The van der Waals surface area contributed by atoms with Crippen LogP contribution in [0, 0.1) is 0 Å². The van der Waals surface area contributed by atoms with Crippen LogP contribution in [-0.4, -0.2) is 43.8 Å². The highest BCUT2D eigenvalue weighted by molar-refractivity contribution is 5.72. The first kappa shape index (κ1) is 22.2. The molecule has 2 aromatic carbocycles. The van der Waals surface area contributed by atoms with E-state index in [1.807, 2.05) is 12.1 Å². The lowest BCUT2D eigenvalue weighted by atomic mass is 9.86. The summed E-state index contributed by atoms with van der Waals surface area (Å²) in [6.07, 6.45) is 4.77. The van der Waals surface area contributed by atoms with Crippen molar-refractivity contribution in [3.8, 4) is 28.5 Å². The van der Waals surface area contributed by atoms with Crippen molar-refractivity contribution < 1.29 is 14.2 Å². The van der Waals surface area contributed by atoms with Crippen LogP contribution in [0.5, 0.6) is 17.2 Å². The van der Waals surface area contributed by atoms with E-state index < -0.39 is 0 Å². The molecule has 2 atom stereocenters. The van der Waals surface area contributed by atoms with Crippen molar-refractivity contribution in [2.24, 2.45) is 0 Å². The predicted molar refractivity (Wildman–Crippen MR) is 137 cm³/mol. The lowest BCUT2D eigenvalue weighted by Crippen LogP contribution is -2.34. The van der Waals surface area contributed by atoms with Crippen molar-refractivity contribution >= 4 is 5.82 Å². The zero-order valence-corrected chi connectivity index (χ0v) is 20.5. The number of nitrogen functional groups attached to an aromatic ring is 1. The van der Waals surface area contributed by atoms with Crippen LogP contribution in [0.3, 0.4) is 0 Å². The molecule has 0 saturated heterocycles. The van der Waals surface area contributed by atoms with E-state index in [9.17, 15) is 0 Å². The molecule has 2 heterocycles. The van der Waals surface area contributed by atoms with Gasteiger partial charge in [0.1, 0.15) is 18.2 Å². The number of fused-ring (bicyclic) bond motifs is 6. The molecule has 1 saturated carbocycles. The minimum Gasteiger partial charge on any atom is -0.493 e. The fourth-order valence-electron chi connectivity index (χ4n) is 6.35. The Morgan fingerprint density at radius 1 is 0.943 bits per heavy atom. The van der Waals surface area contributed by atoms with E-state index in [0.29, 0.717) is 24.3 Å². The van der Waals surface area contributed by atoms with E-state index in [1.54, 1.807) is 14.2 Å². The highest BCUT2D eigenvalue weighted by atomic mass is 16.5. The number of nitrogens with two attached hydrogens (primary N) is 1. The molecule has 6 nitrogen and oxygen atoms in total. The summed E-state index contributed by atoms with van der Waals surface area (Å²) in [5.74, 6) is 4.45. The first-order valence-electron chi connectivity index (χ1n) is 12.6. The van der Waals surface area contributed by atoms with Crippen molar-refractivity contribution in [2.45, 2.75) is 44.1 Å². The van der Waals surface area contributed by atoms with E-state index in [1.165, 1.54) is 47.1 Å². The Balaban J connectivity index is 1.17. The van der Waals surface area contributed by atoms with E-state index in [0.717, 1.165) is 49.0 Å². The van der Waals surface area contributed by atoms with E-state index in [-0.39, 0.29) is 0 Å². The molecule has 35 heavy (non-hydrogen) atoms. The zero-order valence-electron chi connectivity index (χ0n) is 20.5. The van der Waals surface area contributed by atoms with Gasteiger partial charge in [0.2, 0.25) is 0 Å². The van der Waals surface area contributed by atoms with Crippen molar-refractivity contribution in [1.29, 1.82) is 0 Å². The summed E-state index contributed by atoms with van der Waals surface area (Å²) in [5.41, 5.74) is 13.7. The molecule has 6 rings (SSSR count). The fraction of sp³-hybridized carbons (Fsp3) is 0.414. The molecule has 1 aliphatic heterocycles. The number of methoxy groups -OCH3 is 2. The molecular formula is C29H33N3O3. The Bertz CT molecular complexity index is 1260. The Morgan fingerprint density at radius 2 is 1.71 bits per heavy atom. The van der Waals surface area contributed by atoms with Crippen LogP contribution in [0.2, 0.25) is 0 Å². The van der Waals surface area contributed by atoms with Crippen LogP contribution in [0.1, 0.15) is 53.4 Å². The van der Waals surface area contributed by atoms with Gasteiger partial charge in [-0.05, 0) is 90.6 Å². The van der Waals surface area contributed by atoms with Crippen LogP contribution in [0.25, 0.3) is 11.3 Å². The largest absolute Gasteiger partial charge is 0.493 e. The van der Waals surface area contributed by atoms with Crippen molar-refractivity contribution in [3.63, 3.8) is 0 Å². The van der Waals surface area contributed by atoms with Gasteiger partial charge in [0, 0.05) is 30.8 Å². The van der Waals surface area contributed by atoms with Gasteiger partial charge in [-0.15, -0.1) is 0 Å². The maximum atomic E-state index is 6.46. The number of anilines is 1. The molecule has 0 radical (unpaired) electrons. The topological polar surface area (TPSA) is 69.8 Å². The first-order valence-corrected chi connectivity index (χ1v) is 12.6. The minimum atomic E-state index is 0.568. The third kappa shape index (κ3) is 4.00. The van der Waals surface area contributed by atoms with Gasteiger partial charge in [-0.2, -0.15) is 0 Å². The molecule has 2 N–H and O–H groups in total. The average Bonchev–Trinajstić information content (AvgIpc) is 3.51. The number of nitrogens with zero attached hydrogens (tertiary/aromatic N) is 2. The normalized spacial score (nSPS) is 20.4. The van der Waals surface area contributed by atoms with Crippen LogP contribution < -0.4 is 19.9 Å². The fourth-order valence-corrected chi connectivity index (χ4v) is 6.35. The number of hydrogen-bond acceptors (Lipinski definition) is 6. The molecule has 2 bridgehead atoms. The Kier molecular flexibility index (Phi) is 5.77. The zero-order chi connectivity index (χ0) is 23.9. The average molecular weight is 472 g/mol. The predicted octanol–water partition coefficient (Wildman–Crippen LogP) is 5.15. The second-order valence-corrected chi connectivity index (χ2v) is 9.94. The lowest BCUT2D eigenvalue weighted by molar-refractivity contribution is 0.194. The second-order valence-electron chi connectivity index (χ2n) is 9.94. The molecule has 1 aromatic heterocycles. The number of pyridine rings is 1. The summed E-state index contributed by atoms with van der Waals surface area (Å²) in [4.78, 5) is 7.08. The summed E-state index contributed by atoms with van der Waals surface area (Å²) in [7, 11) is 3.38. The van der Waals surface area contributed by atoms with Crippen molar-refractivity contribution in [1.82, 2.24) is 9.88 Å². The van der Waals surface area contributed by atoms with Crippen LogP contribution in [0.15, 0.2) is 42.5 Å². The second kappa shape index (κ2) is 9.08. The molecule has 3 aliphatic rings. The molecule has 3 aromatic rings. The molecule has 1 fully saturated rings. The van der Waals surface area contributed by atoms with Gasteiger partial charge in [0.05, 0.1) is 19.9 Å². The minimum absolute atomic E-state index is 0.568. The molecule has 6 heteroatoms. The summed E-state index contributed by atoms with van der Waals surface area (Å²) < 4.78 is 17.4. The third-order valence-electron chi connectivity index (χ3n) is 8.01. The third-order valence-corrected chi connectivity index (χ3v) is 8.01. The van der Waals surface area contributed by atoms with Crippen LogP contribution >= 0.6 is 0 Å². The molecule has 0 amide bonds. The number of benzene rings is 2. The maximum Gasteiger partial charge on any atom is 0.161 e. The molecule has 2 aliphatic carbocycles. The summed E-state index contributed by atoms with van der Waals surface area (Å²) in [5, 5.41) is 0. The van der Waals surface area contributed by atoms with Crippen molar-refractivity contribution in [2.75, 3.05) is 39.6 Å². The monoisotopic (exact) mass is 471 g/mol. The number of hydrogen-bond donors (Lipinski definition) is 1. The van der Waals surface area contributed by atoms with Gasteiger partial charge < -0.3 is 19.9 Å². The van der Waals surface area contributed by atoms with Gasteiger partial charge in [0.25, 0.3) is 0 Å². The molecule has 0 spiro atoms. The lowest BCUT2D eigenvalue weighted by Gasteiger charge is -2.29. The van der Waals surface area contributed by atoms with Crippen LogP contribution in [0.4, 0.5) is 5.82 Å². The molecule has 2 unspecified atom stereocenters. The summed E-state index contributed by atoms with van der Waals surface area (Å²) in [6.45, 7) is 3.51. The highest BCUT2D eigenvalue weighted by Gasteiger charge is 2.41. The van der Waals surface area contributed by atoms with Crippen molar-refractivity contribution in [3.05, 3.63) is 64.7 Å².